The van der Waals surface area contributed by atoms with Crippen LogP contribution in [0.5, 0.6) is 5.75 Å². The predicted octanol–water partition coefficient (Wildman–Crippen LogP) is 2.43. The summed E-state index contributed by atoms with van der Waals surface area (Å²) in [4.78, 5) is 0. The molecule has 0 saturated heterocycles. The van der Waals surface area contributed by atoms with E-state index >= 15 is 0 Å². The summed E-state index contributed by atoms with van der Waals surface area (Å²) < 4.78 is 5.08. The number of nitrogens with two attached hydrogens (primary N) is 1. The molecule has 0 amide bonds. The predicted molar refractivity (Wildman–Crippen MR) is 71.3 cm³/mol. The quantitative estimate of drug-likeness (QED) is 0.867. The van der Waals surface area contributed by atoms with Gasteiger partial charge < -0.3 is 15.6 Å². The van der Waals surface area contributed by atoms with Gasteiger partial charge in [0.25, 0.3) is 0 Å². The zero-order valence-electron chi connectivity index (χ0n) is 10.3. The van der Waals surface area contributed by atoms with Crippen LogP contribution in [0.3, 0.4) is 0 Å². The third-order valence-electron chi connectivity index (χ3n) is 2.98. The van der Waals surface area contributed by atoms with E-state index < -0.39 is 12.1 Å². The molecule has 0 radical (unpaired) electrons. The van der Waals surface area contributed by atoms with E-state index in [-0.39, 0.29) is 0 Å². The van der Waals surface area contributed by atoms with Gasteiger partial charge in [0.1, 0.15) is 5.75 Å². The molecule has 0 aromatic heterocycles. The Bertz CT molecular complexity index is 482. The summed E-state index contributed by atoms with van der Waals surface area (Å²) in [5.41, 5.74) is 7.76. The van der Waals surface area contributed by atoms with Crippen LogP contribution >= 0.6 is 0 Å². The SMILES string of the molecule is COc1ccc([C@@H](O)[C@H](N)c2ccccc2)cc1. The van der Waals surface area contributed by atoms with E-state index in [4.69, 9.17) is 10.5 Å². The molecule has 0 aliphatic carbocycles. The van der Waals surface area contributed by atoms with Crippen LogP contribution in [0.1, 0.15) is 23.3 Å². The first kappa shape index (κ1) is 12.6. The van der Waals surface area contributed by atoms with Crippen molar-refractivity contribution in [3.05, 3.63) is 65.7 Å². The molecule has 2 aromatic rings. The maximum Gasteiger partial charge on any atom is 0.118 e. The van der Waals surface area contributed by atoms with E-state index in [2.05, 4.69) is 0 Å². The molecule has 0 aliphatic rings. The highest BCUT2D eigenvalue weighted by Gasteiger charge is 2.18. The Balaban J connectivity index is 2.17. The molecule has 3 nitrogen and oxygen atoms in total. The maximum atomic E-state index is 10.2. The lowest BCUT2D eigenvalue weighted by atomic mass is 9.97. The van der Waals surface area contributed by atoms with Crippen molar-refractivity contribution in [3.63, 3.8) is 0 Å². The zero-order chi connectivity index (χ0) is 13.0. The van der Waals surface area contributed by atoms with Gasteiger partial charge in [0, 0.05) is 0 Å². The van der Waals surface area contributed by atoms with Crippen LogP contribution in [-0.4, -0.2) is 12.2 Å². The summed E-state index contributed by atoms with van der Waals surface area (Å²) in [6.45, 7) is 0. The van der Waals surface area contributed by atoms with Gasteiger partial charge in [-0.15, -0.1) is 0 Å². The number of aliphatic hydroxyl groups is 1. The Labute approximate surface area is 107 Å². The van der Waals surface area contributed by atoms with Gasteiger partial charge in [-0.2, -0.15) is 0 Å². The molecule has 0 fully saturated rings. The molecular formula is C15H17NO2. The van der Waals surface area contributed by atoms with Gasteiger partial charge in [-0.1, -0.05) is 42.5 Å². The Morgan fingerprint density at radius 1 is 0.944 bits per heavy atom. The third-order valence-corrected chi connectivity index (χ3v) is 2.98. The largest absolute Gasteiger partial charge is 0.497 e. The second-order valence-corrected chi connectivity index (χ2v) is 4.15. The van der Waals surface area contributed by atoms with Gasteiger partial charge >= 0.3 is 0 Å². The van der Waals surface area contributed by atoms with Crippen molar-refractivity contribution in [1.29, 1.82) is 0 Å². The molecule has 0 heterocycles. The first-order chi connectivity index (χ1) is 8.72. The van der Waals surface area contributed by atoms with E-state index in [0.29, 0.717) is 0 Å². The van der Waals surface area contributed by atoms with Gasteiger partial charge in [-0.05, 0) is 23.3 Å². The minimum atomic E-state index is -0.724. The number of methoxy groups -OCH3 is 1. The molecule has 2 atom stereocenters. The van der Waals surface area contributed by atoms with Crippen molar-refractivity contribution in [1.82, 2.24) is 0 Å². The summed E-state index contributed by atoms with van der Waals surface area (Å²) >= 11 is 0. The number of rotatable bonds is 4. The van der Waals surface area contributed by atoms with Crippen molar-refractivity contribution in [2.75, 3.05) is 7.11 Å². The van der Waals surface area contributed by atoms with E-state index in [0.717, 1.165) is 16.9 Å². The molecule has 0 saturated carbocycles. The fraction of sp³-hybridized carbons (Fsp3) is 0.200. The Kier molecular flexibility index (Phi) is 3.97. The van der Waals surface area contributed by atoms with Gasteiger partial charge in [-0.25, -0.2) is 0 Å². The Morgan fingerprint density at radius 2 is 1.56 bits per heavy atom. The van der Waals surface area contributed by atoms with Crippen LogP contribution in [-0.2, 0) is 0 Å². The van der Waals surface area contributed by atoms with Gasteiger partial charge in [0.2, 0.25) is 0 Å². The number of hydrogen-bond donors (Lipinski definition) is 2. The summed E-state index contributed by atoms with van der Waals surface area (Å²) in [7, 11) is 1.61. The van der Waals surface area contributed by atoms with Gasteiger partial charge in [0.05, 0.1) is 19.3 Å². The molecule has 0 aliphatic heterocycles. The molecule has 0 spiro atoms. The van der Waals surface area contributed by atoms with Crippen molar-refractivity contribution in [2.24, 2.45) is 5.73 Å². The molecular weight excluding hydrogens is 226 g/mol. The smallest absolute Gasteiger partial charge is 0.118 e. The molecule has 94 valence electrons. The minimum absolute atomic E-state index is 0.431. The van der Waals surface area contributed by atoms with Gasteiger partial charge in [-0.3, -0.25) is 0 Å². The molecule has 3 heteroatoms. The molecule has 2 aromatic carbocycles. The summed E-state index contributed by atoms with van der Waals surface area (Å²) in [6.07, 6.45) is -0.724. The fourth-order valence-corrected chi connectivity index (χ4v) is 1.87. The second-order valence-electron chi connectivity index (χ2n) is 4.15. The summed E-state index contributed by atoms with van der Waals surface area (Å²) in [5, 5.41) is 10.2. The van der Waals surface area contributed by atoms with E-state index in [1.54, 1.807) is 7.11 Å². The highest BCUT2D eigenvalue weighted by atomic mass is 16.5. The fourth-order valence-electron chi connectivity index (χ4n) is 1.87. The van der Waals surface area contributed by atoms with Crippen molar-refractivity contribution >= 4 is 0 Å². The standard InChI is InChI=1S/C15H17NO2/c1-18-13-9-7-12(8-10-13)15(17)14(16)11-5-3-2-4-6-11/h2-10,14-15,17H,16H2,1H3/t14-,15-/m1/s1. The molecule has 0 bridgehead atoms. The Hall–Kier alpha value is -1.84. The van der Waals surface area contributed by atoms with Crippen LogP contribution in [0.2, 0.25) is 0 Å². The topological polar surface area (TPSA) is 55.5 Å². The van der Waals surface area contributed by atoms with Crippen LogP contribution in [0.15, 0.2) is 54.6 Å². The summed E-state index contributed by atoms with van der Waals surface area (Å²) in [6, 6.07) is 16.4. The lowest BCUT2D eigenvalue weighted by molar-refractivity contribution is 0.147. The number of ether oxygens (including phenoxy) is 1. The molecule has 3 N–H and O–H groups in total. The first-order valence-corrected chi connectivity index (χ1v) is 5.85. The second kappa shape index (κ2) is 5.67. The molecule has 18 heavy (non-hydrogen) atoms. The Morgan fingerprint density at radius 3 is 2.11 bits per heavy atom. The lowest BCUT2D eigenvalue weighted by Crippen LogP contribution is -2.19. The minimum Gasteiger partial charge on any atom is -0.497 e. The highest BCUT2D eigenvalue weighted by molar-refractivity contribution is 5.31. The van der Waals surface area contributed by atoms with Crippen LogP contribution in [0.25, 0.3) is 0 Å². The third kappa shape index (κ3) is 2.70. The van der Waals surface area contributed by atoms with Crippen molar-refractivity contribution in [3.8, 4) is 5.75 Å². The van der Waals surface area contributed by atoms with Crippen molar-refractivity contribution in [2.45, 2.75) is 12.1 Å². The summed E-state index contributed by atoms with van der Waals surface area (Å²) in [5.74, 6) is 0.763. The van der Waals surface area contributed by atoms with Crippen LogP contribution in [0.4, 0.5) is 0 Å². The van der Waals surface area contributed by atoms with Gasteiger partial charge in [0.15, 0.2) is 0 Å². The number of benzene rings is 2. The van der Waals surface area contributed by atoms with E-state index in [1.807, 2.05) is 54.6 Å². The lowest BCUT2D eigenvalue weighted by Gasteiger charge is -2.19. The average molecular weight is 243 g/mol. The molecule has 0 unspecified atom stereocenters. The van der Waals surface area contributed by atoms with Crippen LogP contribution < -0.4 is 10.5 Å². The zero-order valence-corrected chi connectivity index (χ0v) is 10.3. The van der Waals surface area contributed by atoms with E-state index in [1.165, 1.54) is 0 Å². The van der Waals surface area contributed by atoms with E-state index in [9.17, 15) is 5.11 Å². The number of hydrogen-bond acceptors (Lipinski definition) is 3. The highest BCUT2D eigenvalue weighted by Crippen LogP contribution is 2.27. The number of aliphatic hydroxyl groups excluding tert-OH is 1. The van der Waals surface area contributed by atoms with Crippen molar-refractivity contribution < 1.29 is 9.84 Å². The average Bonchev–Trinajstić information content (AvgIpc) is 2.47. The monoisotopic (exact) mass is 243 g/mol. The first-order valence-electron chi connectivity index (χ1n) is 5.85. The maximum absolute atomic E-state index is 10.2. The normalized spacial score (nSPS) is 13.9. The van der Waals surface area contributed by atoms with Crippen LogP contribution in [0, 0.1) is 0 Å². The molecule has 2 rings (SSSR count).